The van der Waals surface area contributed by atoms with Crippen LogP contribution in [0.25, 0.3) is 0 Å². The van der Waals surface area contributed by atoms with Crippen LogP contribution in [0.1, 0.15) is 57.6 Å². The van der Waals surface area contributed by atoms with Gasteiger partial charge in [-0.3, -0.25) is 0 Å². The second-order valence-electron chi connectivity index (χ2n) is 5.94. The van der Waals surface area contributed by atoms with E-state index in [-0.39, 0.29) is 24.0 Å². The van der Waals surface area contributed by atoms with Gasteiger partial charge in [0.2, 0.25) is 0 Å². The number of unbranched alkanes of at least 4 members (excludes halogenated alkanes) is 1. The first kappa shape index (κ1) is 20.2. The highest BCUT2D eigenvalue weighted by Crippen LogP contribution is 2.14. The molecule has 1 N–H and O–H groups in total. The number of aliphatic imine (C=N–C) groups is 1. The molecule has 0 atom stereocenters. The van der Waals surface area contributed by atoms with Crippen molar-refractivity contribution in [1.82, 2.24) is 25.0 Å². The largest absolute Gasteiger partial charge is 0.357 e. The van der Waals surface area contributed by atoms with Crippen LogP contribution in [0.4, 0.5) is 0 Å². The Morgan fingerprint density at radius 3 is 2.83 bits per heavy atom. The average molecular weight is 434 g/mol. The van der Waals surface area contributed by atoms with Crippen LogP contribution in [0.5, 0.6) is 0 Å². The third-order valence-corrected chi connectivity index (χ3v) is 4.10. The fourth-order valence-electron chi connectivity index (χ4n) is 2.78. The maximum Gasteiger partial charge on any atom is 0.194 e. The Hall–Kier alpha value is -0.860. The first-order valence-corrected chi connectivity index (χ1v) is 8.66. The summed E-state index contributed by atoms with van der Waals surface area (Å²) >= 11 is 0. The molecular formula is C16H31IN6. The summed E-state index contributed by atoms with van der Waals surface area (Å²) < 4.78 is 2.27. The first-order valence-electron chi connectivity index (χ1n) is 8.66. The SMILES string of the molecule is CCCCN(C)C(=NCc1nnc2n1CCCCC2)NCC.I. The Kier molecular flexibility index (Phi) is 9.50. The predicted octanol–water partition coefficient (Wildman–Crippen LogP) is 2.82. The smallest absolute Gasteiger partial charge is 0.194 e. The first-order chi connectivity index (χ1) is 10.8. The Bertz CT molecular complexity index is 485. The number of hydrogen-bond donors (Lipinski definition) is 1. The van der Waals surface area contributed by atoms with Crippen LogP contribution in [-0.4, -0.2) is 45.8 Å². The lowest BCUT2D eigenvalue weighted by Crippen LogP contribution is -2.39. The van der Waals surface area contributed by atoms with Crippen molar-refractivity contribution in [2.75, 3.05) is 20.1 Å². The number of guanidine groups is 1. The van der Waals surface area contributed by atoms with Crippen molar-refractivity contribution in [3.63, 3.8) is 0 Å². The van der Waals surface area contributed by atoms with E-state index in [1.54, 1.807) is 0 Å². The second kappa shape index (κ2) is 10.8. The zero-order valence-electron chi connectivity index (χ0n) is 14.7. The van der Waals surface area contributed by atoms with Gasteiger partial charge in [-0.05, 0) is 26.2 Å². The van der Waals surface area contributed by atoms with Gasteiger partial charge in [0.05, 0.1) is 0 Å². The Balaban J connectivity index is 0.00000264. The standard InChI is InChI=1S/C16H30N6.HI/c1-4-6-11-21(3)16(17-5-2)18-13-15-20-19-14-10-8-7-9-12-22(14)15;/h4-13H2,1-3H3,(H,17,18);1H. The summed E-state index contributed by atoms with van der Waals surface area (Å²) in [5, 5.41) is 12.1. The molecule has 1 aliphatic rings. The Morgan fingerprint density at radius 1 is 1.26 bits per heavy atom. The van der Waals surface area contributed by atoms with Crippen molar-refractivity contribution >= 4 is 29.9 Å². The molecule has 1 aromatic rings. The van der Waals surface area contributed by atoms with Gasteiger partial charge in [-0.25, -0.2) is 4.99 Å². The molecule has 0 saturated carbocycles. The normalized spacial score (nSPS) is 14.7. The third kappa shape index (κ3) is 5.93. The summed E-state index contributed by atoms with van der Waals surface area (Å²) in [6.45, 7) is 7.87. The van der Waals surface area contributed by atoms with Gasteiger partial charge in [0.1, 0.15) is 12.4 Å². The number of rotatable bonds is 6. The molecule has 0 fully saturated rings. The summed E-state index contributed by atoms with van der Waals surface area (Å²) in [4.78, 5) is 6.96. The molecule has 0 aromatic carbocycles. The fourth-order valence-corrected chi connectivity index (χ4v) is 2.78. The van der Waals surface area contributed by atoms with E-state index in [4.69, 9.17) is 4.99 Å². The zero-order valence-corrected chi connectivity index (χ0v) is 17.0. The summed E-state index contributed by atoms with van der Waals surface area (Å²) in [7, 11) is 2.10. The Morgan fingerprint density at radius 2 is 2.09 bits per heavy atom. The molecule has 0 spiro atoms. The molecule has 0 bridgehead atoms. The van der Waals surface area contributed by atoms with E-state index in [2.05, 4.69) is 45.9 Å². The molecule has 0 unspecified atom stereocenters. The molecule has 7 heteroatoms. The molecule has 1 aliphatic heterocycles. The van der Waals surface area contributed by atoms with Crippen molar-refractivity contribution in [1.29, 1.82) is 0 Å². The number of halogens is 1. The monoisotopic (exact) mass is 434 g/mol. The van der Waals surface area contributed by atoms with Crippen LogP contribution in [0, 0.1) is 0 Å². The molecule has 2 heterocycles. The maximum atomic E-state index is 4.76. The summed E-state index contributed by atoms with van der Waals surface area (Å²) in [5.74, 6) is 3.09. The topological polar surface area (TPSA) is 58.3 Å². The highest BCUT2D eigenvalue weighted by molar-refractivity contribution is 14.0. The van der Waals surface area contributed by atoms with Gasteiger partial charge in [0, 0.05) is 33.1 Å². The lowest BCUT2D eigenvalue weighted by atomic mass is 10.2. The lowest BCUT2D eigenvalue weighted by molar-refractivity contribution is 0.464. The number of fused-ring (bicyclic) bond motifs is 1. The molecule has 0 amide bonds. The number of nitrogens with one attached hydrogen (secondary N) is 1. The summed E-state index contributed by atoms with van der Waals surface area (Å²) in [6.07, 6.45) is 7.16. The quantitative estimate of drug-likeness (QED) is 0.425. The Labute approximate surface area is 157 Å². The average Bonchev–Trinajstić information content (AvgIpc) is 2.76. The van der Waals surface area contributed by atoms with Crippen LogP contribution in [0.3, 0.4) is 0 Å². The van der Waals surface area contributed by atoms with E-state index in [0.29, 0.717) is 6.54 Å². The van der Waals surface area contributed by atoms with Gasteiger partial charge < -0.3 is 14.8 Å². The molecule has 0 radical (unpaired) electrons. The minimum Gasteiger partial charge on any atom is -0.357 e. The zero-order chi connectivity index (χ0) is 15.8. The van der Waals surface area contributed by atoms with Gasteiger partial charge >= 0.3 is 0 Å². The molecule has 1 aromatic heterocycles. The van der Waals surface area contributed by atoms with Crippen LogP contribution < -0.4 is 5.32 Å². The van der Waals surface area contributed by atoms with Crippen LogP contribution in [-0.2, 0) is 19.5 Å². The second-order valence-corrected chi connectivity index (χ2v) is 5.94. The summed E-state index contributed by atoms with van der Waals surface area (Å²) in [5.41, 5.74) is 0. The lowest BCUT2D eigenvalue weighted by Gasteiger charge is -2.21. The van der Waals surface area contributed by atoms with Crippen molar-refractivity contribution in [3.8, 4) is 0 Å². The van der Waals surface area contributed by atoms with E-state index >= 15 is 0 Å². The van der Waals surface area contributed by atoms with Crippen LogP contribution >= 0.6 is 24.0 Å². The molecule has 6 nitrogen and oxygen atoms in total. The van der Waals surface area contributed by atoms with Crippen LogP contribution in [0.2, 0.25) is 0 Å². The number of aromatic nitrogens is 3. The third-order valence-electron chi connectivity index (χ3n) is 4.10. The van der Waals surface area contributed by atoms with Gasteiger partial charge in [0.25, 0.3) is 0 Å². The van der Waals surface area contributed by atoms with Gasteiger partial charge in [-0.15, -0.1) is 34.2 Å². The predicted molar refractivity (Wildman–Crippen MR) is 105 cm³/mol. The minimum atomic E-state index is 0. The number of hydrogen-bond acceptors (Lipinski definition) is 3. The van der Waals surface area contributed by atoms with Gasteiger partial charge in [-0.2, -0.15) is 0 Å². The number of aryl methyl sites for hydroxylation is 1. The highest BCUT2D eigenvalue weighted by Gasteiger charge is 2.14. The molecule has 132 valence electrons. The van der Waals surface area contributed by atoms with E-state index in [1.165, 1.54) is 32.1 Å². The van der Waals surface area contributed by atoms with Crippen LogP contribution in [0.15, 0.2) is 4.99 Å². The molecule has 23 heavy (non-hydrogen) atoms. The highest BCUT2D eigenvalue weighted by atomic mass is 127. The van der Waals surface area contributed by atoms with Gasteiger partial charge in [0.15, 0.2) is 11.8 Å². The summed E-state index contributed by atoms with van der Waals surface area (Å²) in [6, 6.07) is 0. The number of nitrogens with zero attached hydrogens (tertiary/aromatic N) is 5. The maximum absolute atomic E-state index is 4.76. The molecular weight excluding hydrogens is 403 g/mol. The van der Waals surface area contributed by atoms with E-state index in [0.717, 1.165) is 43.7 Å². The minimum absolute atomic E-state index is 0. The van der Waals surface area contributed by atoms with Crippen molar-refractivity contribution in [3.05, 3.63) is 11.6 Å². The van der Waals surface area contributed by atoms with E-state index in [9.17, 15) is 0 Å². The van der Waals surface area contributed by atoms with Crippen molar-refractivity contribution in [2.45, 2.75) is 65.5 Å². The van der Waals surface area contributed by atoms with E-state index < -0.39 is 0 Å². The molecule has 0 aliphatic carbocycles. The van der Waals surface area contributed by atoms with E-state index in [1.807, 2.05) is 0 Å². The fraction of sp³-hybridized carbons (Fsp3) is 0.812. The van der Waals surface area contributed by atoms with Crippen molar-refractivity contribution < 1.29 is 0 Å². The molecule has 2 rings (SSSR count). The van der Waals surface area contributed by atoms with Crippen molar-refractivity contribution in [2.24, 2.45) is 4.99 Å². The molecule has 0 saturated heterocycles. The van der Waals surface area contributed by atoms with Gasteiger partial charge in [-0.1, -0.05) is 19.8 Å².